The second-order valence-electron chi connectivity index (χ2n) is 5.83. The van der Waals surface area contributed by atoms with Gasteiger partial charge in [-0.1, -0.05) is 25.5 Å². The van der Waals surface area contributed by atoms with Gasteiger partial charge in [-0.15, -0.1) is 0 Å². The molecule has 118 valence electrons. The number of nitrogens with zero attached hydrogens (tertiary/aromatic N) is 2. The maximum Gasteiger partial charge on any atom is 0.270 e. The number of dihydropyridines is 1. The van der Waals surface area contributed by atoms with Gasteiger partial charge in [0.05, 0.1) is 5.71 Å². The molecule has 5 nitrogen and oxygen atoms in total. The monoisotopic (exact) mass is 320 g/mol. The smallest absolute Gasteiger partial charge is 0.267 e. The van der Waals surface area contributed by atoms with E-state index >= 15 is 0 Å². The number of rotatable bonds is 3. The van der Waals surface area contributed by atoms with Crippen LogP contribution in [0.15, 0.2) is 40.9 Å². The predicted molar refractivity (Wildman–Crippen MR) is 86.1 cm³/mol. The summed E-state index contributed by atoms with van der Waals surface area (Å²) >= 11 is 0. The van der Waals surface area contributed by atoms with E-state index in [4.69, 9.17) is 0 Å². The molecule has 0 aromatic carbocycles. The Morgan fingerprint density at radius 1 is 1.27 bits per heavy atom. The number of amides is 1. The minimum absolute atomic E-state index is 0.101. The average molecular weight is 320 g/mol. The van der Waals surface area contributed by atoms with Crippen molar-refractivity contribution in [1.82, 2.24) is 4.31 Å². The SMILES string of the molecule is CCC1CCCCN1S(=O)(=O)C1C=CC2=NC(=O)C=CC2=C1. The van der Waals surface area contributed by atoms with Gasteiger partial charge in [-0.05, 0) is 37.0 Å². The van der Waals surface area contributed by atoms with E-state index in [0.717, 1.165) is 25.7 Å². The Morgan fingerprint density at radius 3 is 2.86 bits per heavy atom. The number of carbonyl (C=O) groups excluding carboxylic acids is 1. The second-order valence-corrected chi connectivity index (χ2v) is 7.87. The van der Waals surface area contributed by atoms with E-state index in [1.54, 1.807) is 28.6 Å². The summed E-state index contributed by atoms with van der Waals surface area (Å²) in [5.41, 5.74) is 1.25. The number of hydrogen-bond acceptors (Lipinski definition) is 3. The minimum Gasteiger partial charge on any atom is -0.267 e. The first-order valence-corrected chi connectivity index (χ1v) is 9.24. The largest absolute Gasteiger partial charge is 0.270 e. The lowest BCUT2D eigenvalue weighted by atomic mass is 10.0. The van der Waals surface area contributed by atoms with E-state index in [9.17, 15) is 13.2 Å². The molecule has 0 bridgehead atoms. The molecule has 2 heterocycles. The molecule has 0 N–H and O–H groups in total. The molecule has 2 unspecified atom stereocenters. The Labute approximate surface area is 131 Å². The van der Waals surface area contributed by atoms with Gasteiger partial charge in [0.25, 0.3) is 5.91 Å². The van der Waals surface area contributed by atoms with Crippen LogP contribution in [0.2, 0.25) is 0 Å². The van der Waals surface area contributed by atoms with Gasteiger partial charge in [-0.3, -0.25) is 4.79 Å². The van der Waals surface area contributed by atoms with Gasteiger partial charge >= 0.3 is 0 Å². The molecule has 2 atom stereocenters. The first-order chi connectivity index (χ1) is 10.5. The molecular weight excluding hydrogens is 300 g/mol. The number of piperidine rings is 1. The highest BCUT2D eigenvalue weighted by Gasteiger charge is 2.36. The topological polar surface area (TPSA) is 66.8 Å². The summed E-state index contributed by atoms with van der Waals surface area (Å²) in [5.74, 6) is -0.305. The lowest BCUT2D eigenvalue weighted by Crippen LogP contribution is -2.47. The summed E-state index contributed by atoms with van der Waals surface area (Å²) in [6.07, 6.45) is 11.8. The van der Waals surface area contributed by atoms with Crippen molar-refractivity contribution in [3.8, 4) is 0 Å². The first kappa shape index (κ1) is 15.4. The minimum atomic E-state index is -3.41. The molecule has 22 heavy (non-hydrogen) atoms. The number of hydrogen-bond donors (Lipinski definition) is 0. The molecule has 3 aliphatic rings. The van der Waals surface area contributed by atoms with E-state index in [0.29, 0.717) is 17.8 Å². The molecule has 1 saturated heterocycles. The van der Waals surface area contributed by atoms with Crippen molar-refractivity contribution in [2.75, 3.05) is 6.54 Å². The van der Waals surface area contributed by atoms with E-state index in [1.165, 1.54) is 6.08 Å². The summed E-state index contributed by atoms with van der Waals surface area (Å²) < 4.78 is 27.6. The Kier molecular flexibility index (Phi) is 4.14. The van der Waals surface area contributed by atoms with Gasteiger partial charge in [0.1, 0.15) is 5.25 Å². The van der Waals surface area contributed by atoms with Crippen molar-refractivity contribution in [3.05, 3.63) is 36.0 Å². The van der Waals surface area contributed by atoms with Crippen LogP contribution in [-0.2, 0) is 14.8 Å². The third-order valence-electron chi connectivity index (χ3n) is 4.43. The van der Waals surface area contributed by atoms with Crippen LogP contribution < -0.4 is 0 Å². The number of fused-ring (bicyclic) bond motifs is 1. The molecular formula is C16H20N2O3S. The van der Waals surface area contributed by atoms with Crippen molar-refractivity contribution in [1.29, 1.82) is 0 Å². The maximum atomic E-state index is 12.9. The summed E-state index contributed by atoms with van der Waals surface area (Å²) in [7, 11) is -3.41. The zero-order valence-electron chi connectivity index (χ0n) is 12.6. The fourth-order valence-electron chi connectivity index (χ4n) is 3.22. The zero-order chi connectivity index (χ0) is 15.7. The van der Waals surface area contributed by atoms with Crippen molar-refractivity contribution >= 4 is 21.6 Å². The summed E-state index contributed by atoms with van der Waals surface area (Å²) in [6, 6.07) is 0.101. The Morgan fingerprint density at radius 2 is 2.09 bits per heavy atom. The van der Waals surface area contributed by atoms with Gasteiger partial charge in [0.15, 0.2) is 0 Å². The third kappa shape index (κ3) is 2.73. The number of sulfonamides is 1. The molecule has 1 aliphatic carbocycles. The van der Waals surface area contributed by atoms with Crippen LogP contribution in [0.25, 0.3) is 0 Å². The van der Waals surface area contributed by atoms with Crippen molar-refractivity contribution in [3.63, 3.8) is 0 Å². The van der Waals surface area contributed by atoms with Gasteiger partial charge < -0.3 is 0 Å². The Hall–Kier alpha value is -1.53. The van der Waals surface area contributed by atoms with Gasteiger partial charge in [-0.2, -0.15) is 4.31 Å². The van der Waals surface area contributed by atoms with E-state index in [2.05, 4.69) is 4.99 Å². The highest BCUT2D eigenvalue weighted by atomic mass is 32.2. The van der Waals surface area contributed by atoms with Crippen LogP contribution in [0.1, 0.15) is 32.6 Å². The van der Waals surface area contributed by atoms with Gasteiger partial charge in [0, 0.05) is 18.7 Å². The van der Waals surface area contributed by atoms with Crippen molar-refractivity contribution in [2.45, 2.75) is 43.9 Å². The number of carbonyl (C=O) groups is 1. The number of allylic oxidation sites excluding steroid dienone is 3. The lowest BCUT2D eigenvalue weighted by molar-refractivity contribution is -0.113. The van der Waals surface area contributed by atoms with Crippen LogP contribution in [0.5, 0.6) is 0 Å². The average Bonchev–Trinajstić information content (AvgIpc) is 2.54. The van der Waals surface area contributed by atoms with Crippen LogP contribution in [0.4, 0.5) is 0 Å². The second kappa shape index (κ2) is 5.93. The van der Waals surface area contributed by atoms with Crippen molar-refractivity contribution in [2.24, 2.45) is 4.99 Å². The van der Waals surface area contributed by atoms with Crippen LogP contribution in [-0.4, -0.2) is 42.2 Å². The Bertz CT molecular complexity index is 701. The van der Waals surface area contributed by atoms with E-state index in [-0.39, 0.29) is 11.9 Å². The van der Waals surface area contributed by atoms with Gasteiger partial charge in [0.2, 0.25) is 10.0 Å². The fourth-order valence-corrected chi connectivity index (χ4v) is 5.18. The van der Waals surface area contributed by atoms with Crippen LogP contribution in [0, 0.1) is 0 Å². The summed E-state index contributed by atoms with van der Waals surface area (Å²) in [4.78, 5) is 15.2. The molecule has 3 rings (SSSR count). The standard InChI is InChI=1S/C16H20N2O3S/c1-2-13-5-3-4-10-18(13)22(20,21)14-7-8-15-12(11-14)6-9-16(19)17-15/h6-9,11,13-14H,2-5,10H2,1H3. The summed E-state index contributed by atoms with van der Waals surface area (Å²) in [6.45, 7) is 2.64. The quantitative estimate of drug-likeness (QED) is 0.798. The fraction of sp³-hybridized carbons (Fsp3) is 0.500. The molecule has 0 saturated carbocycles. The van der Waals surface area contributed by atoms with Crippen LogP contribution >= 0.6 is 0 Å². The highest BCUT2D eigenvalue weighted by molar-refractivity contribution is 7.90. The molecule has 0 aromatic heterocycles. The normalized spacial score (nSPS) is 29.0. The maximum absolute atomic E-state index is 12.9. The molecule has 0 spiro atoms. The molecule has 0 aromatic rings. The Balaban J connectivity index is 1.89. The zero-order valence-corrected chi connectivity index (χ0v) is 13.4. The van der Waals surface area contributed by atoms with Crippen LogP contribution in [0.3, 0.4) is 0 Å². The highest BCUT2D eigenvalue weighted by Crippen LogP contribution is 2.28. The molecule has 1 fully saturated rings. The van der Waals surface area contributed by atoms with E-state index in [1.807, 2.05) is 6.92 Å². The molecule has 2 aliphatic heterocycles. The number of aliphatic imine (C=N–C) groups is 1. The molecule has 1 amide bonds. The first-order valence-electron chi connectivity index (χ1n) is 7.74. The molecule has 6 heteroatoms. The van der Waals surface area contributed by atoms with E-state index < -0.39 is 15.3 Å². The summed E-state index contributed by atoms with van der Waals surface area (Å²) in [5, 5.41) is -0.675. The lowest BCUT2D eigenvalue weighted by Gasteiger charge is -2.36. The predicted octanol–water partition coefficient (Wildman–Crippen LogP) is 1.98. The van der Waals surface area contributed by atoms with Crippen molar-refractivity contribution < 1.29 is 13.2 Å². The van der Waals surface area contributed by atoms with Gasteiger partial charge in [-0.25, -0.2) is 13.4 Å². The third-order valence-corrected chi connectivity index (χ3v) is 6.55. The molecule has 0 radical (unpaired) electrons.